The van der Waals surface area contributed by atoms with Crippen LogP contribution in [0.1, 0.15) is 40.3 Å². The first kappa shape index (κ1) is 24.8. The van der Waals surface area contributed by atoms with Crippen LogP contribution >= 0.6 is 11.6 Å². The Morgan fingerprint density at radius 3 is 2.76 bits per heavy atom. The van der Waals surface area contributed by atoms with Crippen LogP contribution in [-0.4, -0.2) is 61.5 Å². The molecule has 0 unspecified atom stereocenters. The number of hydrogen-bond acceptors (Lipinski definition) is 6. The number of carbonyl (C=O) groups excluding carboxylic acids is 2. The van der Waals surface area contributed by atoms with Crippen LogP contribution < -0.4 is 10.1 Å². The van der Waals surface area contributed by atoms with Crippen molar-refractivity contribution in [1.29, 1.82) is 0 Å². The lowest BCUT2D eigenvalue weighted by Crippen LogP contribution is -2.43. The van der Waals surface area contributed by atoms with Gasteiger partial charge in [0, 0.05) is 49.1 Å². The van der Waals surface area contributed by atoms with Crippen LogP contribution in [0.25, 0.3) is 16.9 Å². The van der Waals surface area contributed by atoms with Gasteiger partial charge >= 0.3 is 0 Å². The molecule has 2 N–H and O–H groups in total. The molecule has 4 aromatic rings. The Hall–Kier alpha value is -3.92. The van der Waals surface area contributed by atoms with Crippen LogP contribution in [-0.2, 0) is 11.3 Å². The number of fused-ring (bicyclic) bond motifs is 1. The van der Waals surface area contributed by atoms with Crippen molar-refractivity contribution in [3.63, 3.8) is 0 Å². The Morgan fingerprint density at radius 2 is 2.00 bits per heavy atom. The maximum atomic E-state index is 13.0. The SMILES string of the molecule is COc1cc(-c2cc(C(=O)N3CCC(C(=O)NCc4ccn5c(C)c(C)nc5c4)CC3)n[nH]2)c(Cl)cn1. The number of piperidine rings is 1. The number of pyridine rings is 2. The summed E-state index contributed by atoms with van der Waals surface area (Å²) < 4.78 is 7.20. The fourth-order valence-corrected chi connectivity index (χ4v) is 4.79. The molecule has 4 aromatic heterocycles. The van der Waals surface area contributed by atoms with E-state index in [1.807, 2.05) is 36.6 Å². The van der Waals surface area contributed by atoms with E-state index in [9.17, 15) is 9.59 Å². The Bertz CT molecular complexity index is 1470. The van der Waals surface area contributed by atoms with Crippen molar-refractivity contribution >= 4 is 29.1 Å². The summed E-state index contributed by atoms with van der Waals surface area (Å²) in [5, 5.41) is 10.5. The van der Waals surface area contributed by atoms with Crippen LogP contribution in [0.15, 0.2) is 36.7 Å². The number of methoxy groups -OCH3 is 1. The highest BCUT2D eigenvalue weighted by Crippen LogP contribution is 2.29. The molecule has 5 rings (SSSR count). The Morgan fingerprint density at radius 1 is 1.22 bits per heavy atom. The fourth-order valence-electron chi connectivity index (χ4n) is 4.58. The van der Waals surface area contributed by atoms with Crippen LogP contribution in [0.3, 0.4) is 0 Å². The summed E-state index contributed by atoms with van der Waals surface area (Å²) in [6.45, 7) is 5.44. The molecule has 192 valence electrons. The molecule has 5 heterocycles. The third kappa shape index (κ3) is 5.01. The van der Waals surface area contributed by atoms with E-state index >= 15 is 0 Å². The number of carbonyl (C=O) groups is 2. The van der Waals surface area contributed by atoms with Crippen LogP contribution in [0.2, 0.25) is 5.02 Å². The lowest BCUT2D eigenvalue weighted by Gasteiger charge is -2.30. The van der Waals surface area contributed by atoms with Gasteiger partial charge in [0.05, 0.1) is 29.7 Å². The van der Waals surface area contributed by atoms with Crippen LogP contribution in [0.4, 0.5) is 0 Å². The van der Waals surface area contributed by atoms with Gasteiger partial charge in [-0.15, -0.1) is 0 Å². The second-order valence-electron chi connectivity index (χ2n) is 9.20. The number of hydrogen-bond donors (Lipinski definition) is 2. The summed E-state index contributed by atoms with van der Waals surface area (Å²) in [6, 6.07) is 7.34. The average Bonchev–Trinajstić information content (AvgIpc) is 3.51. The van der Waals surface area contributed by atoms with E-state index in [0.717, 1.165) is 22.6 Å². The second-order valence-corrected chi connectivity index (χ2v) is 9.61. The van der Waals surface area contributed by atoms with Gasteiger partial charge in [-0.1, -0.05) is 11.6 Å². The number of amides is 2. The molecule has 0 radical (unpaired) electrons. The van der Waals surface area contributed by atoms with Crippen molar-refractivity contribution in [2.75, 3.05) is 20.2 Å². The quantitative estimate of drug-likeness (QED) is 0.400. The zero-order valence-corrected chi connectivity index (χ0v) is 21.7. The van der Waals surface area contributed by atoms with Gasteiger partial charge in [-0.2, -0.15) is 5.10 Å². The zero-order valence-electron chi connectivity index (χ0n) is 20.9. The molecule has 0 aromatic carbocycles. The number of nitrogens with one attached hydrogen (secondary N) is 2. The highest BCUT2D eigenvalue weighted by molar-refractivity contribution is 6.33. The lowest BCUT2D eigenvalue weighted by molar-refractivity contribution is -0.126. The van der Waals surface area contributed by atoms with E-state index in [4.69, 9.17) is 16.3 Å². The molecule has 1 aliphatic rings. The van der Waals surface area contributed by atoms with Gasteiger partial charge in [0.25, 0.3) is 5.91 Å². The van der Waals surface area contributed by atoms with Crippen molar-refractivity contribution < 1.29 is 14.3 Å². The first-order valence-electron chi connectivity index (χ1n) is 12.1. The number of ether oxygens (including phenoxy) is 1. The van der Waals surface area contributed by atoms with E-state index in [0.29, 0.717) is 60.3 Å². The molecule has 2 amide bonds. The second kappa shape index (κ2) is 10.2. The molecular formula is C26H28ClN7O3. The molecule has 0 saturated carbocycles. The molecule has 0 bridgehead atoms. The third-order valence-electron chi connectivity index (χ3n) is 6.91. The Balaban J connectivity index is 1.16. The predicted octanol–water partition coefficient (Wildman–Crippen LogP) is 3.57. The third-order valence-corrected chi connectivity index (χ3v) is 7.21. The minimum Gasteiger partial charge on any atom is -0.481 e. The standard InChI is InChI=1S/C26H28ClN7O3/c1-15-16(2)34-9-4-17(10-23(34)30-15)13-29-25(35)18-5-7-33(8-6-18)26(36)22-12-21(31-32-22)19-11-24(37-3)28-14-20(19)27/h4,9-12,14,18H,5-8,13H2,1-3H3,(H,29,35)(H,31,32). The largest absolute Gasteiger partial charge is 0.481 e. The van der Waals surface area contributed by atoms with Gasteiger partial charge in [0.1, 0.15) is 5.65 Å². The van der Waals surface area contributed by atoms with E-state index in [2.05, 4.69) is 25.5 Å². The number of H-pyrrole nitrogens is 1. The first-order chi connectivity index (χ1) is 17.8. The summed E-state index contributed by atoms with van der Waals surface area (Å²) >= 11 is 6.27. The number of aryl methyl sites for hydroxylation is 2. The van der Waals surface area contributed by atoms with Gasteiger partial charge in [0.15, 0.2) is 5.69 Å². The zero-order chi connectivity index (χ0) is 26.1. The van der Waals surface area contributed by atoms with Crippen molar-refractivity contribution in [3.05, 3.63) is 64.3 Å². The number of likely N-dealkylation sites (tertiary alicyclic amines) is 1. The summed E-state index contributed by atoms with van der Waals surface area (Å²) in [6.07, 6.45) is 4.67. The van der Waals surface area contributed by atoms with E-state index in [1.165, 1.54) is 13.3 Å². The number of nitrogens with zero attached hydrogens (tertiary/aromatic N) is 5. The molecule has 37 heavy (non-hydrogen) atoms. The molecule has 0 atom stereocenters. The van der Waals surface area contributed by atoms with Gasteiger partial charge in [-0.3, -0.25) is 14.7 Å². The molecule has 1 saturated heterocycles. The summed E-state index contributed by atoms with van der Waals surface area (Å²) in [7, 11) is 1.52. The number of halogens is 1. The number of aromatic nitrogens is 5. The molecule has 10 nitrogen and oxygen atoms in total. The number of imidazole rings is 1. The van der Waals surface area contributed by atoms with E-state index < -0.39 is 0 Å². The van der Waals surface area contributed by atoms with Gasteiger partial charge in [0.2, 0.25) is 11.8 Å². The average molecular weight is 522 g/mol. The molecule has 1 fully saturated rings. The topological polar surface area (TPSA) is 118 Å². The molecule has 11 heteroatoms. The smallest absolute Gasteiger partial charge is 0.274 e. The summed E-state index contributed by atoms with van der Waals surface area (Å²) in [5.74, 6) is 0.0964. The highest BCUT2D eigenvalue weighted by atomic mass is 35.5. The summed E-state index contributed by atoms with van der Waals surface area (Å²) in [5.41, 5.74) is 5.52. The molecule has 1 aliphatic heterocycles. The highest BCUT2D eigenvalue weighted by Gasteiger charge is 2.29. The Kier molecular flexibility index (Phi) is 6.84. The summed E-state index contributed by atoms with van der Waals surface area (Å²) in [4.78, 5) is 36.2. The maximum absolute atomic E-state index is 13.0. The number of rotatable bonds is 6. The van der Waals surface area contributed by atoms with Crippen molar-refractivity contribution in [2.24, 2.45) is 5.92 Å². The van der Waals surface area contributed by atoms with Gasteiger partial charge in [-0.05, 0) is 50.5 Å². The number of aromatic amines is 1. The molecule has 0 spiro atoms. The minimum absolute atomic E-state index is 0.00556. The monoisotopic (exact) mass is 521 g/mol. The van der Waals surface area contributed by atoms with Crippen molar-refractivity contribution in [2.45, 2.75) is 33.2 Å². The van der Waals surface area contributed by atoms with Crippen LogP contribution in [0, 0.1) is 19.8 Å². The van der Waals surface area contributed by atoms with Crippen LogP contribution in [0.5, 0.6) is 5.88 Å². The predicted molar refractivity (Wildman–Crippen MR) is 139 cm³/mol. The first-order valence-corrected chi connectivity index (χ1v) is 12.5. The normalized spacial score (nSPS) is 14.2. The molecule has 0 aliphatic carbocycles. The lowest BCUT2D eigenvalue weighted by atomic mass is 9.95. The van der Waals surface area contributed by atoms with E-state index in [1.54, 1.807) is 17.0 Å². The van der Waals surface area contributed by atoms with Gasteiger partial charge in [-0.25, -0.2) is 9.97 Å². The minimum atomic E-state index is -0.183. The van der Waals surface area contributed by atoms with Gasteiger partial charge < -0.3 is 19.4 Å². The van der Waals surface area contributed by atoms with Crippen molar-refractivity contribution in [1.82, 2.24) is 34.8 Å². The van der Waals surface area contributed by atoms with Crippen molar-refractivity contribution in [3.8, 4) is 17.1 Å². The molecular weight excluding hydrogens is 494 g/mol. The fraction of sp³-hybridized carbons (Fsp3) is 0.346. The Labute approximate surface area is 219 Å². The maximum Gasteiger partial charge on any atom is 0.274 e. The van der Waals surface area contributed by atoms with E-state index in [-0.39, 0.29) is 17.7 Å².